The van der Waals surface area contributed by atoms with Gasteiger partial charge in [-0.15, -0.1) is 0 Å². The lowest BCUT2D eigenvalue weighted by Crippen LogP contribution is -2.27. The van der Waals surface area contributed by atoms with E-state index in [2.05, 4.69) is 21.5 Å². The molecule has 25 heavy (non-hydrogen) atoms. The van der Waals surface area contributed by atoms with Crippen LogP contribution in [0.25, 0.3) is 11.0 Å². The lowest BCUT2D eigenvalue weighted by molar-refractivity contribution is -0.121. The maximum atomic E-state index is 12.3. The zero-order valence-corrected chi connectivity index (χ0v) is 14.8. The number of hydrogen-bond donors (Lipinski definition) is 1. The Bertz CT molecular complexity index is 946. The second kappa shape index (κ2) is 6.48. The molecule has 4 rings (SSSR count). The van der Waals surface area contributed by atoms with Gasteiger partial charge >= 0.3 is 0 Å². The van der Waals surface area contributed by atoms with Crippen LogP contribution in [-0.4, -0.2) is 20.7 Å². The van der Waals surface area contributed by atoms with E-state index in [-0.39, 0.29) is 12.5 Å². The predicted molar refractivity (Wildman–Crippen MR) is 97.5 cm³/mol. The number of carbonyl (C=O) groups excluding carboxylic acids is 1. The number of aromatic nitrogens is 3. The fourth-order valence-corrected chi connectivity index (χ4v) is 3.38. The Morgan fingerprint density at radius 2 is 2.12 bits per heavy atom. The van der Waals surface area contributed by atoms with Gasteiger partial charge < -0.3 is 5.32 Å². The molecule has 1 saturated carbocycles. The van der Waals surface area contributed by atoms with E-state index in [0.717, 1.165) is 22.3 Å². The molecular weight excluding hydrogens is 336 g/mol. The van der Waals surface area contributed by atoms with Crippen LogP contribution in [-0.2, 0) is 17.9 Å². The Morgan fingerprint density at radius 3 is 2.88 bits per heavy atom. The van der Waals surface area contributed by atoms with Crippen molar-refractivity contribution in [2.45, 2.75) is 38.8 Å². The largest absolute Gasteiger partial charge is 0.350 e. The Morgan fingerprint density at radius 1 is 1.32 bits per heavy atom. The quantitative estimate of drug-likeness (QED) is 0.761. The standard InChI is InChI=1S/C19H19ClN4O/c1-12-18-15(13-6-7-13)8-9-21-19(18)24(23-12)11-17(25)22-10-14-4-2-3-5-16(14)20/h2-5,8-9,13H,6-7,10-11H2,1H3,(H,22,25). The molecule has 0 bridgehead atoms. The number of carbonyl (C=O) groups is 1. The second-order valence-corrected chi connectivity index (χ2v) is 6.89. The number of rotatable bonds is 5. The van der Waals surface area contributed by atoms with Crippen molar-refractivity contribution in [1.29, 1.82) is 0 Å². The van der Waals surface area contributed by atoms with Crippen molar-refractivity contribution in [2.75, 3.05) is 0 Å². The van der Waals surface area contributed by atoms with Crippen LogP contribution in [0.4, 0.5) is 0 Å². The van der Waals surface area contributed by atoms with Gasteiger partial charge in [0.15, 0.2) is 5.65 Å². The summed E-state index contributed by atoms with van der Waals surface area (Å²) in [6, 6.07) is 9.57. The molecule has 1 aromatic carbocycles. The molecule has 0 aliphatic heterocycles. The number of halogens is 1. The summed E-state index contributed by atoms with van der Waals surface area (Å²) in [5.74, 6) is 0.513. The molecule has 1 aliphatic rings. The molecule has 6 heteroatoms. The van der Waals surface area contributed by atoms with Gasteiger partial charge in [-0.05, 0) is 48.9 Å². The number of nitrogens with zero attached hydrogens (tertiary/aromatic N) is 3. The Labute approximate surface area is 151 Å². The van der Waals surface area contributed by atoms with Crippen molar-refractivity contribution in [1.82, 2.24) is 20.1 Å². The maximum absolute atomic E-state index is 12.3. The van der Waals surface area contributed by atoms with Gasteiger partial charge in [0.25, 0.3) is 0 Å². The van der Waals surface area contributed by atoms with E-state index in [1.165, 1.54) is 18.4 Å². The third-order valence-corrected chi connectivity index (χ3v) is 4.95. The van der Waals surface area contributed by atoms with Crippen LogP contribution in [0.15, 0.2) is 36.5 Å². The lowest BCUT2D eigenvalue weighted by atomic mass is 10.1. The monoisotopic (exact) mass is 354 g/mol. The Hall–Kier alpha value is -2.40. The second-order valence-electron chi connectivity index (χ2n) is 6.48. The highest BCUT2D eigenvalue weighted by Crippen LogP contribution is 2.43. The van der Waals surface area contributed by atoms with E-state index in [1.807, 2.05) is 37.4 Å². The number of hydrogen-bond acceptors (Lipinski definition) is 3. The first-order valence-corrected chi connectivity index (χ1v) is 8.83. The molecule has 1 aliphatic carbocycles. The zero-order chi connectivity index (χ0) is 17.4. The SMILES string of the molecule is Cc1nn(CC(=O)NCc2ccccc2Cl)c2nccc(C3CC3)c12. The summed E-state index contributed by atoms with van der Waals surface area (Å²) in [6.45, 7) is 2.53. The predicted octanol–water partition coefficient (Wildman–Crippen LogP) is 3.59. The smallest absolute Gasteiger partial charge is 0.242 e. The molecule has 1 N–H and O–H groups in total. The van der Waals surface area contributed by atoms with Crippen molar-refractivity contribution >= 4 is 28.5 Å². The van der Waals surface area contributed by atoms with Crippen LogP contribution in [0, 0.1) is 6.92 Å². The molecule has 0 saturated heterocycles. The molecule has 0 unspecified atom stereocenters. The van der Waals surface area contributed by atoms with Gasteiger partial charge in [-0.25, -0.2) is 9.67 Å². The fourth-order valence-electron chi connectivity index (χ4n) is 3.18. The van der Waals surface area contributed by atoms with Crippen molar-refractivity contribution in [3.63, 3.8) is 0 Å². The summed E-state index contributed by atoms with van der Waals surface area (Å²) in [5.41, 5.74) is 3.93. The summed E-state index contributed by atoms with van der Waals surface area (Å²) in [7, 11) is 0. The van der Waals surface area contributed by atoms with Crippen LogP contribution in [0.2, 0.25) is 5.02 Å². The van der Waals surface area contributed by atoms with Crippen LogP contribution in [0.1, 0.15) is 35.6 Å². The summed E-state index contributed by atoms with van der Waals surface area (Å²) < 4.78 is 1.69. The minimum Gasteiger partial charge on any atom is -0.350 e. The molecule has 3 aromatic rings. The van der Waals surface area contributed by atoms with E-state index >= 15 is 0 Å². The highest BCUT2D eigenvalue weighted by Gasteiger charge is 2.27. The summed E-state index contributed by atoms with van der Waals surface area (Å²) in [4.78, 5) is 16.8. The molecular formula is C19H19ClN4O. The van der Waals surface area contributed by atoms with Crippen LogP contribution >= 0.6 is 11.6 Å². The van der Waals surface area contributed by atoms with Crippen molar-refractivity contribution in [3.05, 3.63) is 58.4 Å². The van der Waals surface area contributed by atoms with Gasteiger partial charge in [0.1, 0.15) is 6.54 Å². The third-order valence-electron chi connectivity index (χ3n) is 4.58. The van der Waals surface area contributed by atoms with Crippen molar-refractivity contribution < 1.29 is 4.79 Å². The highest BCUT2D eigenvalue weighted by molar-refractivity contribution is 6.31. The first-order chi connectivity index (χ1) is 12.1. The average molecular weight is 355 g/mol. The lowest BCUT2D eigenvalue weighted by Gasteiger charge is -2.07. The normalized spacial score (nSPS) is 14.0. The van der Waals surface area contributed by atoms with Crippen molar-refractivity contribution in [2.24, 2.45) is 0 Å². The van der Waals surface area contributed by atoms with Crippen molar-refractivity contribution in [3.8, 4) is 0 Å². The minimum absolute atomic E-state index is 0.108. The number of amides is 1. The number of pyridine rings is 1. The maximum Gasteiger partial charge on any atom is 0.242 e. The number of fused-ring (bicyclic) bond motifs is 1. The van der Waals surface area contributed by atoms with Gasteiger partial charge in [-0.1, -0.05) is 29.8 Å². The fraction of sp³-hybridized carbons (Fsp3) is 0.316. The molecule has 2 aromatic heterocycles. The van der Waals surface area contributed by atoms with Crippen LogP contribution < -0.4 is 5.32 Å². The van der Waals surface area contributed by atoms with E-state index in [0.29, 0.717) is 17.5 Å². The van der Waals surface area contributed by atoms with E-state index in [4.69, 9.17) is 11.6 Å². The van der Waals surface area contributed by atoms with Gasteiger partial charge in [0.2, 0.25) is 5.91 Å². The van der Waals surface area contributed by atoms with E-state index in [9.17, 15) is 4.79 Å². The van der Waals surface area contributed by atoms with Gasteiger partial charge in [0.05, 0.1) is 5.69 Å². The topological polar surface area (TPSA) is 59.8 Å². The summed E-state index contributed by atoms with van der Waals surface area (Å²) >= 11 is 6.12. The number of nitrogens with one attached hydrogen (secondary N) is 1. The Kier molecular flexibility index (Phi) is 4.17. The first-order valence-electron chi connectivity index (χ1n) is 8.45. The number of aryl methyl sites for hydroxylation is 1. The summed E-state index contributed by atoms with van der Waals surface area (Å²) in [5, 5.41) is 9.19. The molecule has 1 amide bonds. The van der Waals surface area contributed by atoms with Gasteiger partial charge in [0, 0.05) is 23.2 Å². The highest BCUT2D eigenvalue weighted by atomic mass is 35.5. The van der Waals surface area contributed by atoms with Crippen LogP contribution in [0.3, 0.4) is 0 Å². The molecule has 1 fully saturated rings. The van der Waals surface area contributed by atoms with E-state index < -0.39 is 0 Å². The molecule has 0 spiro atoms. The zero-order valence-electron chi connectivity index (χ0n) is 14.0. The summed E-state index contributed by atoms with van der Waals surface area (Å²) in [6.07, 6.45) is 4.26. The van der Waals surface area contributed by atoms with Gasteiger partial charge in [-0.2, -0.15) is 5.10 Å². The molecule has 0 atom stereocenters. The molecule has 0 radical (unpaired) electrons. The van der Waals surface area contributed by atoms with Gasteiger partial charge in [-0.3, -0.25) is 4.79 Å². The molecule has 128 valence electrons. The minimum atomic E-state index is -0.108. The Balaban J connectivity index is 1.52. The average Bonchev–Trinajstić information content (AvgIpc) is 3.40. The molecule has 5 nitrogen and oxygen atoms in total. The first kappa shape index (κ1) is 16.1. The number of benzene rings is 1. The molecule has 2 heterocycles. The third kappa shape index (κ3) is 3.24. The van der Waals surface area contributed by atoms with Crippen LogP contribution in [0.5, 0.6) is 0 Å². The van der Waals surface area contributed by atoms with E-state index in [1.54, 1.807) is 4.68 Å².